The third-order valence-corrected chi connectivity index (χ3v) is 3.01. The zero-order chi connectivity index (χ0) is 15.4. The van der Waals surface area contributed by atoms with Gasteiger partial charge in [-0.25, -0.2) is 4.98 Å². The van der Waals surface area contributed by atoms with Crippen molar-refractivity contribution >= 4 is 23.1 Å². The smallest absolute Gasteiger partial charge is 0.273 e. The Morgan fingerprint density at radius 3 is 2.71 bits per heavy atom. The molecule has 0 unspecified atom stereocenters. The van der Waals surface area contributed by atoms with Gasteiger partial charge in [0.15, 0.2) is 11.5 Å². The second-order valence-electron chi connectivity index (χ2n) is 4.13. The summed E-state index contributed by atoms with van der Waals surface area (Å²) in [5.41, 5.74) is 0.218. The first-order chi connectivity index (χ1) is 10.0. The molecule has 0 spiro atoms. The average molecular weight is 307 g/mol. The number of aromatic nitrogens is 1. The molecule has 0 bridgehead atoms. The number of non-ortho nitro benzene ring substituents is 1. The van der Waals surface area contributed by atoms with Crippen molar-refractivity contribution in [3.05, 3.63) is 57.4 Å². The Hall–Kier alpha value is -2.47. The van der Waals surface area contributed by atoms with Gasteiger partial charge in [-0.1, -0.05) is 18.5 Å². The van der Waals surface area contributed by atoms with Crippen molar-refractivity contribution in [2.45, 2.75) is 13.3 Å². The fraction of sp³-hybridized carbons (Fsp3) is 0.143. The molecule has 7 heteroatoms. The molecule has 0 fully saturated rings. The number of rotatable bonds is 5. The molecule has 0 saturated heterocycles. The van der Waals surface area contributed by atoms with Gasteiger partial charge in [0.05, 0.1) is 22.2 Å². The Morgan fingerprint density at radius 2 is 2.14 bits per heavy atom. The lowest BCUT2D eigenvalue weighted by molar-refractivity contribution is -0.384. The number of nitrogens with zero attached hydrogens (tertiary/aromatic N) is 2. The molecule has 0 aliphatic carbocycles. The maximum atomic E-state index is 11.5. The highest BCUT2D eigenvalue weighted by atomic mass is 35.5. The molecular weight excluding hydrogens is 296 g/mol. The molecule has 1 heterocycles. The zero-order valence-corrected chi connectivity index (χ0v) is 11.8. The minimum Gasteiger partial charge on any atom is -0.454 e. The summed E-state index contributed by atoms with van der Waals surface area (Å²) in [5, 5.41) is 11.0. The number of ether oxygens (including phenoxy) is 1. The van der Waals surface area contributed by atoms with E-state index < -0.39 is 4.92 Å². The molecule has 0 amide bonds. The predicted molar refractivity (Wildman–Crippen MR) is 77.0 cm³/mol. The third kappa shape index (κ3) is 3.55. The molecule has 6 nitrogen and oxygen atoms in total. The van der Waals surface area contributed by atoms with Gasteiger partial charge in [0.1, 0.15) is 11.4 Å². The molecule has 2 rings (SSSR count). The van der Waals surface area contributed by atoms with Crippen LogP contribution in [0.25, 0.3) is 0 Å². The Balaban J connectivity index is 2.23. The standard InChI is InChI=1S/C14H11ClN2O4/c1-2-13(18)12-6-4-10(8-16-12)21-14-7-9(17(19)20)3-5-11(14)15/h3-8H,2H2,1H3. The van der Waals surface area contributed by atoms with E-state index in [4.69, 9.17) is 16.3 Å². The molecule has 0 aliphatic rings. The summed E-state index contributed by atoms with van der Waals surface area (Å²) < 4.78 is 5.46. The van der Waals surface area contributed by atoms with Gasteiger partial charge >= 0.3 is 0 Å². The number of benzene rings is 1. The van der Waals surface area contributed by atoms with E-state index in [1.54, 1.807) is 13.0 Å². The normalized spacial score (nSPS) is 10.2. The lowest BCUT2D eigenvalue weighted by atomic mass is 10.2. The van der Waals surface area contributed by atoms with Gasteiger partial charge in [-0.3, -0.25) is 14.9 Å². The van der Waals surface area contributed by atoms with E-state index in [1.165, 1.54) is 30.5 Å². The van der Waals surface area contributed by atoms with Gasteiger partial charge in [-0.2, -0.15) is 0 Å². The van der Waals surface area contributed by atoms with Crippen molar-refractivity contribution in [3.63, 3.8) is 0 Å². The molecule has 0 saturated carbocycles. The number of carbonyl (C=O) groups is 1. The van der Waals surface area contributed by atoms with E-state index in [9.17, 15) is 14.9 Å². The minimum atomic E-state index is -0.537. The molecule has 21 heavy (non-hydrogen) atoms. The number of nitro groups is 1. The van der Waals surface area contributed by atoms with Gasteiger partial charge in [-0.05, 0) is 18.2 Å². The molecule has 0 radical (unpaired) electrons. The molecule has 108 valence electrons. The van der Waals surface area contributed by atoms with Gasteiger partial charge in [-0.15, -0.1) is 0 Å². The first-order valence-corrected chi connectivity index (χ1v) is 6.50. The van der Waals surface area contributed by atoms with Crippen LogP contribution in [0.5, 0.6) is 11.5 Å². The summed E-state index contributed by atoms with van der Waals surface area (Å²) in [4.78, 5) is 25.6. The zero-order valence-electron chi connectivity index (χ0n) is 11.1. The quantitative estimate of drug-likeness (QED) is 0.473. The van der Waals surface area contributed by atoms with Crippen LogP contribution in [0.1, 0.15) is 23.8 Å². The summed E-state index contributed by atoms with van der Waals surface area (Å²) in [6.07, 6.45) is 1.74. The molecule has 2 aromatic rings. The number of halogens is 1. The molecule has 1 aromatic carbocycles. The van der Waals surface area contributed by atoms with Crippen LogP contribution in [0.3, 0.4) is 0 Å². The second-order valence-corrected chi connectivity index (χ2v) is 4.54. The Kier molecular flexibility index (Phi) is 4.49. The van der Waals surface area contributed by atoms with Crippen LogP contribution in [0, 0.1) is 10.1 Å². The number of hydrogen-bond acceptors (Lipinski definition) is 5. The first kappa shape index (κ1) is 14.9. The maximum absolute atomic E-state index is 11.5. The Morgan fingerprint density at radius 1 is 1.38 bits per heavy atom. The topological polar surface area (TPSA) is 82.3 Å². The van der Waals surface area contributed by atoms with E-state index in [-0.39, 0.29) is 22.2 Å². The predicted octanol–water partition coefficient (Wildman–Crippen LogP) is 4.03. The lowest BCUT2D eigenvalue weighted by Gasteiger charge is -2.07. The summed E-state index contributed by atoms with van der Waals surface area (Å²) in [6.45, 7) is 1.75. The van der Waals surface area contributed by atoms with Crippen LogP contribution in [0.4, 0.5) is 5.69 Å². The van der Waals surface area contributed by atoms with Crippen LogP contribution in [0.15, 0.2) is 36.5 Å². The number of ketones is 1. The van der Waals surface area contributed by atoms with Gasteiger partial charge < -0.3 is 4.74 Å². The average Bonchev–Trinajstić information content (AvgIpc) is 2.49. The van der Waals surface area contributed by atoms with Crippen molar-refractivity contribution in [1.29, 1.82) is 0 Å². The Labute approximate surface area is 125 Å². The number of hydrogen-bond donors (Lipinski definition) is 0. The highest BCUT2D eigenvalue weighted by Gasteiger charge is 2.12. The first-order valence-electron chi connectivity index (χ1n) is 6.12. The third-order valence-electron chi connectivity index (χ3n) is 2.70. The monoisotopic (exact) mass is 306 g/mol. The van der Waals surface area contributed by atoms with Crippen LogP contribution >= 0.6 is 11.6 Å². The number of carbonyl (C=O) groups excluding carboxylic acids is 1. The molecule has 0 atom stereocenters. The van der Waals surface area contributed by atoms with Crippen LogP contribution < -0.4 is 4.74 Å². The van der Waals surface area contributed by atoms with Gasteiger partial charge in [0.25, 0.3) is 5.69 Å². The number of nitro benzene ring substituents is 1. The highest BCUT2D eigenvalue weighted by Crippen LogP contribution is 2.32. The van der Waals surface area contributed by atoms with Crippen molar-refractivity contribution in [2.24, 2.45) is 0 Å². The van der Waals surface area contributed by atoms with Crippen LogP contribution in [-0.2, 0) is 0 Å². The summed E-state index contributed by atoms with van der Waals surface area (Å²) in [6, 6.07) is 7.00. The lowest BCUT2D eigenvalue weighted by Crippen LogP contribution is -1.99. The van der Waals surface area contributed by atoms with Gasteiger partial charge in [0.2, 0.25) is 0 Å². The van der Waals surface area contributed by atoms with Crippen molar-refractivity contribution in [1.82, 2.24) is 4.98 Å². The van der Waals surface area contributed by atoms with E-state index in [0.29, 0.717) is 17.9 Å². The molecule has 1 aromatic heterocycles. The van der Waals surface area contributed by atoms with Crippen molar-refractivity contribution in [2.75, 3.05) is 0 Å². The summed E-state index contributed by atoms with van der Waals surface area (Å²) in [5.74, 6) is 0.419. The largest absolute Gasteiger partial charge is 0.454 e. The van der Waals surface area contributed by atoms with E-state index in [0.717, 1.165) is 0 Å². The van der Waals surface area contributed by atoms with Gasteiger partial charge in [0, 0.05) is 12.5 Å². The van der Waals surface area contributed by atoms with Crippen LogP contribution in [0.2, 0.25) is 5.02 Å². The highest BCUT2D eigenvalue weighted by molar-refractivity contribution is 6.32. The fourth-order valence-corrected chi connectivity index (χ4v) is 1.75. The summed E-state index contributed by atoms with van der Waals surface area (Å²) >= 11 is 5.93. The molecular formula is C14H11ClN2O4. The van der Waals surface area contributed by atoms with E-state index >= 15 is 0 Å². The van der Waals surface area contributed by atoms with Crippen LogP contribution in [-0.4, -0.2) is 15.7 Å². The Bertz CT molecular complexity index is 686. The minimum absolute atomic E-state index is 0.0741. The second kappa shape index (κ2) is 6.32. The summed E-state index contributed by atoms with van der Waals surface area (Å²) in [7, 11) is 0. The molecule has 0 aliphatic heterocycles. The number of pyridine rings is 1. The van der Waals surface area contributed by atoms with Crippen molar-refractivity contribution in [3.8, 4) is 11.5 Å². The van der Waals surface area contributed by atoms with Crippen molar-refractivity contribution < 1.29 is 14.5 Å². The fourth-order valence-electron chi connectivity index (χ4n) is 1.60. The van der Waals surface area contributed by atoms with E-state index in [2.05, 4.69) is 4.98 Å². The SMILES string of the molecule is CCC(=O)c1ccc(Oc2cc([N+](=O)[O-])ccc2Cl)cn1. The number of Topliss-reactive ketones (excluding diaryl/α,β-unsaturated/α-hetero) is 1. The van der Waals surface area contributed by atoms with E-state index in [1.807, 2.05) is 0 Å². The molecule has 0 N–H and O–H groups in total. The maximum Gasteiger partial charge on any atom is 0.273 e.